The summed E-state index contributed by atoms with van der Waals surface area (Å²) in [7, 11) is 0. The number of carbonyl (C=O) groups excluding carboxylic acids is 2. The lowest BCUT2D eigenvalue weighted by molar-refractivity contribution is -0.142. The molecule has 4 heteroatoms. The van der Waals surface area contributed by atoms with Gasteiger partial charge in [0.25, 0.3) is 0 Å². The molecule has 1 aliphatic carbocycles. The maximum atomic E-state index is 12.8. The first-order chi connectivity index (χ1) is 10.1. The van der Waals surface area contributed by atoms with Crippen LogP contribution in [0.3, 0.4) is 0 Å². The molecule has 0 bridgehead atoms. The third-order valence-corrected chi connectivity index (χ3v) is 5.43. The molecule has 0 aromatic rings. The molecule has 1 saturated carbocycles. The number of hydrogen-bond acceptors (Lipinski definition) is 2. The summed E-state index contributed by atoms with van der Waals surface area (Å²) in [5.74, 6) is 1.69. The molecule has 4 nitrogen and oxygen atoms in total. The second-order valence-corrected chi connectivity index (χ2v) is 7.36. The Bertz CT molecular complexity index is 409. The first kappa shape index (κ1) is 14.9. The van der Waals surface area contributed by atoms with Crippen LogP contribution in [0.5, 0.6) is 0 Å². The third-order valence-electron chi connectivity index (χ3n) is 5.43. The fourth-order valence-electron chi connectivity index (χ4n) is 3.93. The van der Waals surface area contributed by atoms with Crippen molar-refractivity contribution in [3.05, 3.63) is 0 Å². The highest BCUT2D eigenvalue weighted by Gasteiger charge is 2.38. The lowest BCUT2D eigenvalue weighted by Crippen LogP contribution is -2.47. The Labute approximate surface area is 127 Å². The number of amides is 2. The van der Waals surface area contributed by atoms with Crippen LogP contribution < -0.4 is 0 Å². The topological polar surface area (TPSA) is 40.6 Å². The van der Waals surface area contributed by atoms with Gasteiger partial charge in [-0.3, -0.25) is 9.59 Å². The van der Waals surface area contributed by atoms with Gasteiger partial charge in [0.2, 0.25) is 11.8 Å². The lowest BCUT2D eigenvalue weighted by atomic mass is 9.93. The quantitative estimate of drug-likeness (QED) is 0.800. The molecule has 21 heavy (non-hydrogen) atoms. The number of rotatable bonds is 3. The third kappa shape index (κ3) is 3.09. The van der Waals surface area contributed by atoms with Crippen LogP contribution in [0.2, 0.25) is 0 Å². The van der Waals surface area contributed by atoms with E-state index in [9.17, 15) is 9.59 Å². The lowest BCUT2D eigenvalue weighted by Gasteiger charge is -2.36. The molecule has 0 spiro atoms. The fraction of sp³-hybridized carbons (Fsp3) is 0.882. The Morgan fingerprint density at radius 2 is 1.48 bits per heavy atom. The highest BCUT2D eigenvalue weighted by molar-refractivity contribution is 5.82. The van der Waals surface area contributed by atoms with Crippen molar-refractivity contribution < 1.29 is 9.59 Å². The number of piperidine rings is 1. The van der Waals surface area contributed by atoms with Crippen molar-refractivity contribution >= 4 is 11.8 Å². The number of carbonyl (C=O) groups is 2. The minimum absolute atomic E-state index is 0.146. The van der Waals surface area contributed by atoms with Gasteiger partial charge in [0.1, 0.15) is 0 Å². The van der Waals surface area contributed by atoms with Crippen LogP contribution >= 0.6 is 0 Å². The van der Waals surface area contributed by atoms with Crippen LogP contribution in [-0.2, 0) is 9.59 Å². The van der Waals surface area contributed by atoms with E-state index < -0.39 is 0 Å². The molecule has 0 aromatic carbocycles. The van der Waals surface area contributed by atoms with Gasteiger partial charge in [0.05, 0.1) is 0 Å². The van der Waals surface area contributed by atoms with Crippen LogP contribution in [0.1, 0.15) is 52.4 Å². The maximum absolute atomic E-state index is 12.8. The molecule has 3 fully saturated rings. The van der Waals surface area contributed by atoms with Crippen molar-refractivity contribution in [2.24, 2.45) is 17.8 Å². The minimum atomic E-state index is 0.146. The zero-order valence-electron chi connectivity index (χ0n) is 13.4. The SMILES string of the molecule is CC(C)[C@@H]1CCCN1C(=O)C1CCN(C(=O)C2CC2)CC1. The van der Waals surface area contributed by atoms with E-state index in [0.717, 1.165) is 58.2 Å². The summed E-state index contributed by atoms with van der Waals surface area (Å²) >= 11 is 0. The van der Waals surface area contributed by atoms with Crippen molar-refractivity contribution in [1.82, 2.24) is 9.80 Å². The van der Waals surface area contributed by atoms with Crippen LogP contribution in [0, 0.1) is 17.8 Å². The van der Waals surface area contributed by atoms with Gasteiger partial charge in [-0.15, -0.1) is 0 Å². The van der Waals surface area contributed by atoms with E-state index in [1.807, 2.05) is 4.90 Å². The second-order valence-electron chi connectivity index (χ2n) is 7.36. The molecule has 2 amide bonds. The Hall–Kier alpha value is -1.06. The Morgan fingerprint density at radius 3 is 2.05 bits per heavy atom. The monoisotopic (exact) mass is 292 g/mol. The van der Waals surface area contributed by atoms with Gasteiger partial charge in [-0.05, 0) is 44.4 Å². The average Bonchev–Trinajstić information content (AvgIpc) is 3.22. The molecule has 0 N–H and O–H groups in total. The van der Waals surface area contributed by atoms with E-state index in [2.05, 4.69) is 18.7 Å². The molecular weight excluding hydrogens is 264 g/mol. The Balaban J connectivity index is 1.53. The predicted octanol–water partition coefficient (Wildman–Crippen LogP) is 2.28. The zero-order valence-corrected chi connectivity index (χ0v) is 13.4. The van der Waals surface area contributed by atoms with Gasteiger partial charge in [0.15, 0.2) is 0 Å². The smallest absolute Gasteiger partial charge is 0.226 e. The van der Waals surface area contributed by atoms with Crippen LogP contribution in [0.4, 0.5) is 0 Å². The zero-order chi connectivity index (χ0) is 15.0. The molecule has 1 atom stereocenters. The van der Waals surface area contributed by atoms with Crippen LogP contribution in [0.25, 0.3) is 0 Å². The van der Waals surface area contributed by atoms with Crippen molar-refractivity contribution in [3.8, 4) is 0 Å². The highest BCUT2D eigenvalue weighted by atomic mass is 16.2. The normalized spacial score (nSPS) is 27.5. The van der Waals surface area contributed by atoms with E-state index in [4.69, 9.17) is 0 Å². The van der Waals surface area contributed by atoms with Crippen molar-refractivity contribution in [2.75, 3.05) is 19.6 Å². The summed E-state index contributed by atoms with van der Waals surface area (Å²) in [6.45, 7) is 6.93. The Morgan fingerprint density at radius 1 is 0.857 bits per heavy atom. The number of likely N-dealkylation sites (tertiary alicyclic amines) is 2. The average molecular weight is 292 g/mol. The van der Waals surface area contributed by atoms with Crippen molar-refractivity contribution in [1.29, 1.82) is 0 Å². The van der Waals surface area contributed by atoms with Crippen molar-refractivity contribution in [3.63, 3.8) is 0 Å². The number of nitrogens with zero attached hydrogens (tertiary/aromatic N) is 2. The summed E-state index contributed by atoms with van der Waals surface area (Å²) < 4.78 is 0. The molecular formula is C17H28N2O2. The van der Waals surface area contributed by atoms with Crippen molar-refractivity contribution in [2.45, 2.75) is 58.4 Å². The fourth-order valence-corrected chi connectivity index (χ4v) is 3.93. The summed E-state index contributed by atoms with van der Waals surface area (Å²) in [5.41, 5.74) is 0. The van der Waals surface area contributed by atoms with Gasteiger partial charge in [0, 0.05) is 37.5 Å². The maximum Gasteiger partial charge on any atom is 0.226 e. The summed E-state index contributed by atoms with van der Waals surface area (Å²) in [4.78, 5) is 28.9. The molecule has 0 radical (unpaired) electrons. The first-order valence-electron chi connectivity index (χ1n) is 8.67. The first-order valence-corrected chi connectivity index (χ1v) is 8.67. The second kappa shape index (κ2) is 5.98. The summed E-state index contributed by atoms with van der Waals surface area (Å²) in [5, 5.41) is 0. The highest BCUT2D eigenvalue weighted by Crippen LogP contribution is 2.33. The molecule has 2 saturated heterocycles. The molecule has 3 rings (SSSR count). The van der Waals surface area contributed by atoms with Crippen LogP contribution in [-0.4, -0.2) is 47.3 Å². The van der Waals surface area contributed by atoms with E-state index in [0.29, 0.717) is 29.7 Å². The molecule has 2 heterocycles. The van der Waals surface area contributed by atoms with Gasteiger partial charge in [-0.1, -0.05) is 13.8 Å². The molecule has 118 valence electrons. The summed E-state index contributed by atoms with van der Waals surface area (Å²) in [6.07, 6.45) is 6.16. The van der Waals surface area contributed by atoms with Gasteiger partial charge in [-0.25, -0.2) is 0 Å². The minimum Gasteiger partial charge on any atom is -0.342 e. The molecule has 0 aromatic heterocycles. The van der Waals surface area contributed by atoms with Gasteiger partial charge >= 0.3 is 0 Å². The van der Waals surface area contributed by atoms with E-state index in [1.165, 1.54) is 0 Å². The number of hydrogen-bond donors (Lipinski definition) is 0. The molecule has 3 aliphatic rings. The van der Waals surface area contributed by atoms with Gasteiger partial charge < -0.3 is 9.80 Å². The van der Waals surface area contributed by atoms with Crippen LogP contribution in [0.15, 0.2) is 0 Å². The molecule has 2 aliphatic heterocycles. The molecule has 0 unspecified atom stereocenters. The van der Waals surface area contributed by atoms with E-state index >= 15 is 0 Å². The summed E-state index contributed by atoms with van der Waals surface area (Å²) in [6, 6.07) is 0.434. The Kier molecular flexibility index (Phi) is 4.23. The van der Waals surface area contributed by atoms with E-state index in [-0.39, 0.29) is 5.92 Å². The largest absolute Gasteiger partial charge is 0.342 e. The standard InChI is InChI=1S/C17H28N2O2/c1-12(2)15-4-3-9-19(15)17(21)14-7-10-18(11-8-14)16(20)13-5-6-13/h12-15H,3-11H2,1-2H3/t15-/m0/s1. The van der Waals surface area contributed by atoms with E-state index in [1.54, 1.807) is 0 Å². The van der Waals surface area contributed by atoms with Gasteiger partial charge in [-0.2, -0.15) is 0 Å². The predicted molar refractivity (Wildman–Crippen MR) is 81.6 cm³/mol.